The summed E-state index contributed by atoms with van der Waals surface area (Å²) in [5, 5.41) is 9.71. The number of rotatable bonds is 3. The van der Waals surface area contributed by atoms with Crippen molar-refractivity contribution in [3.05, 3.63) is 41.8 Å². The van der Waals surface area contributed by atoms with Crippen LogP contribution in [-0.2, 0) is 4.79 Å². The molecule has 17 heavy (non-hydrogen) atoms. The quantitative estimate of drug-likeness (QED) is 0.823. The van der Waals surface area contributed by atoms with Crippen molar-refractivity contribution >= 4 is 11.9 Å². The highest BCUT2D eigenvalue weighted by Crippen LogP contribution is 2.12. The van der Waals surface area contributed by atoms with Crippen LogP contribution in [0.5, 0.6) is 0 Å². The zero-order valence-electron chi connectivity index (χ0n) is 9.25. The molecule has 2 aromatic rings. The van der Waals surface area contributed by atoms with Crippen LogP contribution in [0.2, 0.25) is 0 Å². The van der Waals surface area contributed by atoms with Crippen molar-refractivity contribution in [1.29, 1.82) is 0 Å². The lowest BCUT2D eigenvalue weighted by atomic mass is 10.1. The fourth-order valence-corrected chi connectivity index (χ4v) is 1.34. The Morgan fingerprint density at radius 3 is 2.65 bits per heavy atom. The summed E-state index contributed by atoms with van der Waals surface area (Å²) in [6, 6.07) is 8.35. The number of carbonyl (C=O) groups excluding carboxylic acids is 1. The largest absolute Gasteiger partial charge is 0.408 e. The van der Waals surface area contributed by atoms with E-state index in [1.54, 1.807) is 19.1 Å². The number of nitrogens with one attached hydrogen (secondary N) is 1. The highest BCUT2D eigenvalue weighted by atomic mass is 16.4. The van der Waals surface area contributed by atoms with Crippen LogP contribution in [0.3, 0.4) is 0 Å². The van der Waals surface area contributed by atoms with Gasteiger partial charge in [0.05, 0.1) is 0 Å². The van der Waals surface area contributed by atoms with Crippen LogP contribution >= 0.6 is 0 Å². The minimum atomic E-state index is -0.761. The molecule has 0 saturated heterocycles. The number of hydrogen-bond acceptors (Lipinski definition) is 5. The molecule has 0 radical (unpaired) electrons. The molecule has 1 amide bonds. The van der Waals surface area contributed by atoms with Crippen molar-refractivity contribution in [2.75, 3.05) is 5.32 Å². The maximum Gasteiger partial charge on any atom is 0.322 e. The Bertz CT molecular complexity index is 509. The minimum absolute atomic E-state index is 0.0545. The lowest BCUT2D eigenvalue weighted by molar-refractivity contribution is -0.117. The van der Waals surface area contributed by atoms with E-state index in [2.05, 4.69) is 15.5 Å². The summed E-state index contributed by atoms with van der Waals surface area (Å²) in [6.07, 6.45) is 0. The van der Waals surface area contributed by atoms with Gasteiger partial charge in [0.1, 0.15) is 6.04 Å². The molecule has 1 aromatic heterocycles. The number of nitrogens with zero attached hydrogens (tertiary/aromatic N) is 2. The highest BCUT2D eigenvalue weighted by molar-refractivity contribution is 5.93. The molecule has 0 aliphatic heterocycles. The number of benzene rings is 1. The predicted molar refractivity (Wildman–Crippen MR) is 61.0 cm³/mol. The molecule has 3 N–H and O–H groups in total. The Hall–Kier alpha value is -2.21. The summed E-state index contributed by atoms with van der Waals surface area (Å²) in [5.41, 5.74) is 6.51. The minimum Gasteiger partial charge on any atom is -0.408 e. The predicted octanol–water partition coefficient (Wildman–Crippen LogP) is 1.02. The summed E-state index contributed by atoms with van der Waals surface area (Å²) in [6.45, 7) is 1.64. The van der Waals surface area contributed by atoms with Gasteiger partial charge in [-0.25, -0.2) is 0 Å². The first-order valence-electron chi connectivity index (χ1n) is 5.08. The van der Waals surface area contributed by atoms with E-state index in [9.17, 15) is 4.79 Å². The van der Waals surface area contributed by atoms with Gasteiger partial charge in [-0.3, -0.25) is 10.1 Å². The van der Waals surface area contributed by atoms with Gasteiger partial charge >= 0.3 is 6.01 Å². The molecule has 0 saturated carbocycles. The zero-order chi connectivity index (χ0) is 12.3. The summed E-state index contributed by atoms with van der Waals surface area (Å²) in [5.74, 6) is -0.00608. The molecule has 6 nitrogen and oxygen atoms in total. The van der Waals surface area contributed by atoms with Crippen molar-refractivity contribution in [1.82, 2.24) is 10.2 Å². The van der Waals surface area contributed by atoms with Crippen molar-refractivity contribution < 1.29 is 9.21 Å². The first-order valence-corrected chi connectivity index (χ1v) is 5.08. The smallest absolute Gasteiger partial charge is 0.322 e. The number of aromatic nitrogens is 2. The second kappa shape index (κ2) is 4.75. The van der Waals surface area contributed by atoms with E-state index in [0.717, 1.165) is 5.56 Å². The Labute approximate surface area is 97.8 Å². The summed E-state index contributed by atoms with van der Waals surface area (Å²) >= 11 is 0. The number of hydrogen-bond donors (Lipinski definition) is 2. The number of anilines is 1. The molecule has 0 fully saturated rings. The van der Waals surface area contributed by atoms with Crippen molar-refractivity contribution in [3.8, 4) is 0 Å². The third-order valence-corrected chi connectivity index (χ3v) is 2.20. The van der Waals surface area contributed by atoms with Crippen LogP contribution in [0.4, 0.5) is 6.01 Å². The van der Waals surface area contributed by atoms with E-state index >= 15 is 0 Å². The van der Waals surface area contributed by atoms with E-state index in [-0.39, 0.29) is 11.9 Å². The number of amides is 1. The second-order valence-electron chi connectivity index (χ2n) is 3.50. The topological polar surface area (TPSA) is 94.0 Å². The van der Waals surface area contributed by atoms with Crippen LogP contribution in [0.25, 0.3) is 0 Å². The average molecular weight is 232 g/mol. The van der Waals surface area contributed by atoms with Gasteiger partial charge in [-0.2, -0.15) is 0 Å². The van der Waals surface area contributed by atoms with Crippen LogP contribution in [0.1, 0.15) is 17.5 Å². The van der Waals surface area contributed by atoms with Gasteiger partial charge in [0.15, 0.2) is 0 Å². The molecule has 1 heterocycles. The molecule has 1 atom stereocenters. The molecule has 6 heteroatoms. The third-order valence-electron chi connectivity index (χ3n) is 2.20. The maximum atomic E-state index is 11.8. The summed E-state index contributed by atoms with van der Waals surface area (Å²) < 4.78 is 5.03. The van der Waals surface area contributed by atoms with Gasteiger partial charge in [0.25, 0.3) is 0 Å². The van der Waals surface area contributed by atoms with Gasteiger partial charge < -0.3 is 10.2 Å². The molecule has 0 bridgehead atoms. The monoisotopic (exact) mass is 232 g/mol. The van der Waals surface area contributed by atoms with Gasteiger partial charge in [-0.05, 0) is 5.56 Å². The summed E-state index contributed by atoms with van der Waals surface area (Å²) in [7, 11) is 0. The van der Waals surface area contributed by atoms with Crippen molar-refractivity contribution in [2.45, 2.75) is 13.0 Å². The lowest BCUT2D eigenvalue weighted by Gasteiger charge is -2.09. The van der Waals surface area contributed by atoms with Gasteiger partial charge in [0, 0.05) is 6.92 Å². The molecule has 88 valence electrons. The van der Waals surface area contributed by atoms with Crippen LogP contribution in [0, 0.1) is 6.92 Å². The number of carbonyl (C=O) groups is 1. The Morgan fingerprint density at radius 1 is 1.35 bits per heavy atom. The fourth-order valence-electron chi connectivity index (χ4n) is 1.34. The third kappa shape index (κ3) is 2.67. The summed E-state index contributed by atoms with van der Waals surface area (Å²) in [4.78, 5) is 11.8. The molecule has 0 spiro atoms. The second-order valence-corrected chi connectivity index (χ2v) is 3.50. The Balaban J connectivity index is 2.06. The Morgan fingerprint density at radius 2 is 2.06 bits per heavy atom. The van der Waals surface area contributed by atoms with E-state index in [4.69, 9.17) is 10.2 Å². The maximum absolute atomic E-state index is 11.8. The van der Waals surface area contributed by atoms with Crippen molar-refractivity contribution in [2.24, 2.45) is 5.73 Å². The highest BCUT2D eigenvalue weighted by Gasteiger charge is 2.17. The zero-order valence-corrected chi connectivity index (χ0v) is 9.25. The Kier molecular flexibility index (Phi) is 3.15. The fraction of sp³-hybridized carbons (Fsp3) is 0.182. The molecular formula is C11H12N4O2. The number of aryl methyl sites for hydroxylation is 1. The number of nitrogens with two attached hydrogens (primary N) is 1. The normalized spacial score (nSPS) is 12.1. The molecule has 1 aromatic carbocycles. The molecule has 0 aliphatic rings. The lowest BCUT2D eigenvalue weighted by Crippen LogP contribution is -2.27. The van der Waals surface area contributed by atoms with E-state index in [0.29, 0.717) is 5.89 Å². The van der Waals surface area contributed by atoms with Crippen LogP contribution < -0.4 is 11.1 Å². The molecule has 0 unspecified atom stereocenters. The van der Waals surface area contributed by atoms with Crippen LogP contribution in [-0.4, -0.2) is 16.1 Å². The van der Waals surface area contributed by atoms with E-state index < -0.39 is 6.04 Å². The van der Waals surface area contributed by atoms with Gasteiger partial charge in [-0.15, -0.1) is 5.10 Å². The van der Waals surface area contributed by atoms with Crippen molar-refractivity contribution in [3.63, 3.8) is 0 Å². The first-order chi connectivity index (χ1) is 8.16. The van der Waals surface area contributed by atoms with E-state index in [1.807, 2.05) is 18.2 Å². The standard InChI is InChI=1S/C11H12N4O2/c1-7-14-15-11(17-7)13-10(16)9(12)8-5-3-2-4-6-8/h2-6,9H,12H2,1H3,(H,13,15,16)/t9-/m0/s1. The molecule has 0 aliphatic carbocycles. The van der Waals surface area contributed by atoms with Crippen LogP contribution in [0.15, 0.2) is 34.7 Å². The van der Waals surface area contributed by atoms with Gasteiger partial charge in [-0.1, -0.05) is 35.4 Å². The molecular weight excluding hydrogens is 220 g/mol. The first kappa shape index (κ1) is 11.3. The molecule has 2 rings (SSSR count). The SMILES string of the molecule is Cc1nnc(NC(=O)[C@@H](N)c2ccccc2)o1. The van der Waals surface area contributed by atoms with E-state index in [1.165, 1.54) is 0 Å². The average Bonchev–Trinajstić information content (AvgIpc) is 2.75. The van der Waals surface area contributed by atoms with Gasteiger partial charge in [0.2, 0.25) is 11.8 Å².